The number of rotatable bonds is 7. The van der Waals surface area contributed by atoms with Crippen LogP contribution in [-0.4, -0.2) is 65.7 Å². The summed E-state index contributed by atoms with van der Waals surface area (Å²) in [5.41, 5.74) is 0.886. The largest absolute Gasteiger partial charge is 0.376 e. The fourth-order valence-corrected chi connectivity index (χ4v) is 4.22. The number of benzene rings is 1. The Balaban J connectivity index is 1.47. The van der Waals surface area contributed by atoms with Gasteiger partial charge in [-0.05, 0) is 37.8 Å². The summed E-state index contributed by atoms with van der Waals surface area (Å²) in [6.45, 7) is 3.11. The van der Waals surface area contributed by atoms with E-state index in [-0.39, 0.29) is 23.6 Å². The first-order valence-corrected chi connectivity index (χ1v) is 10.9. The summed E-state index contributed by atoms with van der Waals surface area (Å²) < 4.78 is 11.1. The Kier molecular flexibility index (Phi) is 6.69. The van der Waals surface area contributed by atoms with Gasteiger partial charge in [-0.15, -0.1) is 0 Å². The maximum atomic E-state index is 13.2. The molecule has 30 heavy (non-hydrogen) atoms. The van der Waals surface area contributed by atoms with Crippen LogP contribution in [0.15, 0.2) is 34.9 Å². The molecule has 1 aromatic heterocycles. The van der Waals surface area contributed by atoms with Crippen LogP contribution in [0.3, 0.4) is 0 Å². The molecule has 0 spiro atoms. The van der Waals surface area contributed by atoms with Crippen LogP contribution in [0.1, 0.15) is 42.6 Å². The third-order valence-electron chi connectivity index (χ3n) is 5.66. The molecule has 2 amide bonds. The van der Waals surface area contributed by atoms with Crippen molar-refractivity contribution in [3.63, 3.8) is 0 Å². The van der Waals surface area contributed by atoms with Gasteiger partial charge in [0.05, 0.1) is 11.1 Å². The van der Waals surface area contributed by atoms with Gasteiger partial charge in [0.1, 0.15) is 0 Å². The number of likely N-dealkylation sites (tertiary alicyclic amines) is 1. The summed E-state index contributed by atoms with van der Waals surface area (Å²) in [5, 5.41) is 4.50. The zero-order valence-electron chi connectivity index (χ0n) is 16.9. The van der Waals surface area contributed by atoms with Gasteiger partial charge in [-0.3, -0.25) is 9.59 Å². The quantitative estimate of drug-likeness (QED) is 0.669. The third kappa shape index (κ3) is 4.84. The highest BCUT2D eigenvalue weighted by molar-refractivity contribution is 6.33. The van der Waals surface area contributed by atoms with E-state index in [9.17, 15) is 9.59 Å². The van der Waals surface area contributed by atoms with E-state index in [4.69, 9.17) is 20.9 Å². The van der Waals surface area contributed by atoms with Crippen LogP contribution in [-0.2, 0) is 9.53 Å². The van der Waals surface area contributed by atoms with Gasteiger partial charge in [-0.2, -0.15) is 0 Å². The molecule has 0 N–H and O–H groups in total. The molecule has 2 saturated heterocycles. The molecule has 2 aliphatic heterocycles. The van der Waals surface area contributed by atoms with Gasteiger partial charge in [-0.1, -0.05) is 28.9 Å². The molecule has 0 radical (unpaired) electrons. The minimum atomic E-state index is -0.262. The first kappa shape index (κ1) is 20.9. The van der Waals surface area contributed by atoms with Crippen LogP contribution in [0.5, 0.6) is 0 Å². The van der Waals surface area contributed by atoms with Crippen LogP contribution in [0.2, 0.25) is 5.02 Å². The number of aromatic nitrogens is 1. The van der Waals surface area contributed by atoms with Gasteiger partial charge in [0, 0.05) is 50.8 Å². The SMILES string of the molecule is O=C(CCN(CC1CCCO1)C(=O)c1cc(-c2ccccc2Cl)on1)N1CCCC1. The normalized spacial score (nSPS) is 18.7. The maximum absolute atomic E-state index is 13.2. The molecule has 7 nitrogen and oxygen atoms in total. The number of carbonyl (C=O) groups is 2. The van der Waals surface area contributed by atoms with Crippen molar-refractivity contribution in [3.05, 3.63) is 41.0 Å². The Hall–Kier alpha value is -2.38. The Labute approximate surface area is 180 Å². The number of hydrogen-bond acceptors (Lipinski definition) is 5. The molecule has 1 atom stereocenters. The van der Waals surface area contributed by atoms with E-state index in [1.54, 1.807) is 17.0 Å². The van der Waals surface area contributed by atoms with Gasteiger partial charge in [0.15, 0.2) is 11.5 Å². The van der Waals surface area contributed by atoms with Crippen LogP contribution in [0, 0.1) is 0 Å². The highest BCUT2D eigenvalue weighted by Gasteiger charge is 2.27. The lowest BCUT2D eigenvalue weighted by Crippen LogP contribution is -2.40. The van der Waals surface area contributed by atoms with Crippen molar-refractivity contribution < 1.29 is 18.8 Å². The summed E-state index contributed by atoms with van der Waals surface area (Å²) in [4.78, 5) is 29.2. The van der Waals surface area contributed by atoms with Crippen molar-refractivity contribution in [2.45, 2.75) is 38.2 Å². The van der Waals surface area contributed by atoms with Crippen molar-refractivity contribution in [1.82, 2.24) is 15.0 Å². The Morgan fingerprint density at radius 3 is 2.73 bits per heavy atom. The van der Waals surface area contributed by atoms with Gasteiger partial charge < -0.3 is 19.1 Å². The van der Waals surface area contributed by atoms with E-state index in [1.165, 1.54) is 0 Å². The maximum Gasteiger partial charge on any atom is 0.276 e. The average Bonchev–Trinajstić information content (AvgIpc) is 3.53. The molecule has 160 valence electrons. The van der Waals surface area contributed by atoms with Crippen molar-refractivity contribution in [2.75, 3.05) is 32.8 Å². The first-order valence-electron chi connectivity index (χ1n) is 10.5. The molecular formula is C22H26ClN3O4. The molecular weight excluding hydrogens is 406 g/mol. The Bertz CT molecular complexity index is 888. The Morgan fingerprint density at radius 2 is 2.00 bits per heavy atom. The lowest BCUT2D eigenvalue weighted by Gasteiger charge is -2.25. The first-order chi connectivity index (χ1) is 14.6. The lowest BCUT2D eigenvalue weighted by molar-refractivity contribution is -0.130. The van der Waals surface area contributed by atoms with Gasteiger partial charge in [0.2, 0.25) is 5.91 Å². The van der Waals surface area contributed by atoms with Crippen LogP contribution in [0.25, 0.3) is 11.3 Å². The second-order valence-corrected chi connectivity index (χ2v) is 8.19. The topological polar surface area (TPSA) is 75.9 Å². The standard InChI is InChI=1S/C22H26ClN3O4/c23-18-8-2-1-7-17(18)20-14-19(24-30-20)22(28)26(15-16-6-5-13-29-16)12-9-21(27)25-10-3-4-11-25/h1-2,7-8,14,16H,3-6,9-13,15H2. The van der Waals surface area contributed by atoms with E-state index in [1.807, 2.05) is 23.1 Å². The molecule has 2 fully saturated rings. The number of ether oxygens (including phenoxy) is 1. The summed E-state index contributed by atoms with van der Waals surface area (Å²) in [7, 11) is 0. The molecule has 1 aromatic carbocycles. The van der Waals surface area contributed by atoms with Crippen molar-refractivity contribution in [3.8, 4) is 11.3 Å². The fourth-order valence-electron chi connectivity index (χ4n) is 3.99. The second kappa shape index (κ2) is 9.62. The molecule has 8 heteroatoms. The predicted octanol–water partition coefficient (Wildman–Crippen LogP) is 3.63. The number of hydrogen-bond donors (Lipinski definition) is 0. The van der Waals surface area contributed by atoms with E-state index in [0.29, 0.717) is 42.5 Å². The highest BCUT2D eigenvalue weighted by Crippen LogP contribution is 2.28. The van der Waals surface area contributed by atoms with Gasteiger partial charge in [-0.25, -0.2) is 0 Å². The smallest absolute Gasteiger partial charge is 0.276 e. The fraction of sp³-hybridized carbons (Fsp3) is 0.500. The van der Waals surface area contributed by atoms with Crippen LogP contribution >= 0.6 is 11.6 Å². The van der Waals surface area contributed by atoms with E-state index in [0.717, 1.165) is 38.8 Å². The van der Waals surface area contributed by atoms with Crippen molar-refractivity contribution in [2.24, 2.45) is 0 Å². The highest BCUT2D eigenvalue weighted by atomic mass is 35.5. The van der Waals surface area contributed by atoms with Crippen LogP contribution < -0.4 is 0 Å². The number of amides is 2. The molecule has 0 aliphatic carbocycles. The zero-order chi connectivity index (χ0) is 20.9. The zero-order valence-corrected chi connectivity index (χ0v) is 17.6. The third-order valence-corrected chi connectivity index (χ3v) is 5.99. The predicted molar refractivity (Wildman–Crippen MR) is 112 cm³/mol. The van der Waals surface area contributed by atoms with Gasteiger partial charge in [0.25, 0.3) is 5.91 Å². The van der Waals surface area contributed by atoms with Crippen molar-refractivity contribution in [1.29, 1.82) is 0 Å². The monoisotopic (exact) mass is 431 g/mol. The molecule has 1 unspecified atom stereocenters. The van der Waals surface area contributed by atoms with E-state index >= 15 is 0 Å². The number of halogens is 1. The lowest BCUT2D eigenvalue weighted by atomic mass is 10.1. The summed E-state index contributed by atoms with van der Waals surface area (Å²) in [5.74, 6) is 0.269. The van der Waals surface area contributed by atoms with Crippen molar-refractivity contribution >= 4 is 23.4 Å². The van der Waals surface area contributed by atoms with Crippen LogP contribution in [0.4, 0.5) is 0 Å². The van der Waals surface area contributed by atoms with E-state index < -0.39 is 0 Å². The number of nitrogens with zero attached hydrogens (tertiary/aromatic N) is 3. The molecule has 3 heterocycles. The molecule has 4 rings (SSSR count). The number of carbonyl (C=O) groups excluding carboxylic acids is 2. The summed E-state index contributed by atoms with van der Waals surface area (Å²) >= 11 is 6.23. The molecule has 0 bridgehead atoms. The minimum absolute atomic E-state index is 0.00854. The average molecular weight is 432 g/mol. The Morgan fingerprint density at radius 1 is 1.20 bits per heavy atom. The minimum Gasteiger partial charge on any atom is -0.376 e. The summed E-state index contributed by atoms with van der Waals surface area (Å²) in [6, 6.07) is 8.85. The van der Waals surface area contributed by atoms with E-state index in [2.05, 4.69) is 5.16 Å². The van der Waals surface area contributed by atoms with Gasteiger partial charge >= 0.3 is 0 Å². The molecule has 0 saturated carbocycles. The second-order valence-electron chi connectivity index (χ2n) is 7.78. The molecule has 2 aromatic rings. The summed E-state index contributed by atoms with van der Waals surface area (Å²) in [6.07, 6.45) is 4.29. The molecule has 2 aliphatic rings.